The second kappa shape index (κ2) is 6.59. The van der Waals surface area contributed by atoms with Crippen LogP contribution in [0.2, 0.25) is 0 Å². The predicted octanol–water partition coefficient (Wildman–Crippen LogP) is -0.776. The molecule has 4 N–H and O–H groups in total. The number of rotatable bonds is 3. The van der Waals surface area contributed by atoms with Gasteiger partial charge >= 0.3 is 0 Å². The van der Waals surface area contributed by atoms with Crippen molar-refractivity contribution in [1.82, 2.24) is 15.0 Å². The van der Waals surface area contributed by atoms with Crippen LogP contribution >= 0.6 is 0 Å². The molecular formula is C13H18N6O4. The van der Waals surface area contributed by atoms with E-state index >= 15 is 0 Å². The van der Waals surface area contributed by atoms with E-state index < -0.39 is 12.6 Å². The zero-order valence-electron chi connectivity index (χ0n) is 12.5. The lowest BCUT2D eigenvalue weighted by Gasteiger charge is -2.43. The monoisotopic (exact) mass is 322 g/mol. The van der Waals surface area contributed by atoms with Gasteiger partial charge < -0.3 is 30.4 Å². The largest absolute Gasteiger partial charge is 0.368 e. The number of hydrogen-bond acceptors (Lipinski definition) is 10. The number of ether oxygens (including phenoxy) is 4. The molecule has 2 aliphatic rings. The van der Waals surface area contributed by atoms with E-state index in [0.717, 1.165) is 0 Å². The maximum Gasteiger partial charge on any atom is 0.225 e. The van der Waals surface area contributed by atoms with Crippen molar-refractivity contribution in [3.05, 3.63) is 5.82 Å². The van der Waals surface area contributed by atoms with Gasteiger partial charge in [0, 0.05) is 0 Å². The third kappa shape index (κ3) is 3.83. The van der Waals surface area contributed by atoms with Crippen LogP contribution in [0.5, 0.6) is 0 Å². The van der Waals surface area contributed by atoms with E-state index in [1.165, 1.54) is 0 Å². The average Bonchev–Trinajstić information content (AvgIpc) is 2.52. The summed E-state index contributed by atoms with van der Waals surface area (Å²) in [4.78, 5) is 11.7. The number of nitrogens with two attached hydrogens (primary N) is 2. The number of nitrogen functional groups attached to an aromatic ring is 2. The predicted molar refractivity (Wildman–Crippen MR) is 76.4 cm³/mol. The second-order valence-corrected chi connectivity index (χ2v) is 5.64. The summed E-state index contributed by atoms with van der Waals surface area (Å²) in [6, 6.07) is 2.02. The fourth-order valence-electron chi connectivity index (χ4n) is 2.43. The van der Waals surface area contributed by atoms with Crippen LogP contribution < -0.4 is 11.5 Å². The van der Waals surface area contributed by atoms with E-state index in [0.29, 0.717) is 38.7 Å². The molecule has 1 spiro atoms. The first-order valence-corrected chi connectivity index (χ1v) is 7.18. The maximum atomic E-state index is 8.64. The van der Waals surface area contributed by atoms with E-state index in [2.05, 4.69) is 15.0 Å². The molecule has 124 valence electrons. The van der Waals surface area contributed by atoms with Crippen molar-refractivity contribution >= 4 is 11.9 Å². The van der Waals surface area contributed by atoms with Gasteiger partial charge in [0.05, 0.1) is 50.8 Å². The van der Waals surface area contributed by atoms with Crippen LogP contribution in [0.4, 0.5) is 11.9 Å². The molecular weight excluding hydrogens is 304 g/mol. The van der Waals surface area contributed by atoms with Gasteiger partial charge in [0.2, 0.25) is 11.9 Å². The molecule has 1 aromatic heterocycles. The minimum atomic E-state index is -0.487. The van der Waals surface area contributed by atoms with Gasteiger partial charge in [-0.3, -0.25) is 0 Å². The molecule has 10 heteroatoms. The molecule has 2 fully saturated rings. The highest BCUT2D eigenvalue weighted by atomic mass is 16.7. The second-order valence-electron chi connectivity index (χ2n) is 5.64. The molecule has 0 radical (unpaired) electrons. The average molecular weight is 322 g/mol. The van der Waals surface area contributed by atoms with Gasteiger partial charge in [-0.1, -0.05) is 0 Å². The van der Waals surface area contributed by atoms with E-state index in [1.54, 1.807) is 0 Å². The van der Waals surface area contributed by atoms with Crippen LogP contribution in [-0.2, 0) is 25.4 Å². The van der Waals surface area contributed by atoms with Gasteiger partial charge in [-0.2, -0.15) is 20.2 Å². The zero-order chi connectivity index (χ0) is 16.3. The highest BCUT2D eigenvalue weighted by Gasteiger charge is 2.42. The zero-order valence-corrected chi connectivity index (χ0v) is 12.5. The van der Waals surface area contributed by atoms with Gasteiger partial charge in [0.1, 0.15) is 5.82 Å². The van der Waals surface area contributed by atoms with Crippen LogP contribution in [0.15, 0.2) is 0 Å². The van der Waals surface area contributed by atoms with Crippen LogP contribution in [-0.4, -0.2) is 54.0 Å². The maximum absolute atomic E-state index is 8.64. The van der Waals surface area contributed by atoms with E-state index in [4.69, 9.17) is 35.7 Å². The molecule has 23 heavy (non-hydrogen) atoms. The minimum Gasteiger partial charge on any atom is -0.368 e. The van der Waals surface area contributed by atoms with Gasteiger partial charge in [-0.05, 0) is 0 Å². The Morgan fingerprint density at radius 1 is 0.957 bits per heavy atom. The molecule has 0 aromatic carbocycles. The first-order valence-electron chi connectivity index (χ1n) is 7.18. The van der Waals surface area contributed by atoms with Gasteiger partial charge in [-0.25, -0.2) is 0 Å². The molecule has 2 saturated heterocycles. The molecule has 1 aromatic rings. The van der Waals surface area contributed by atoms with Crippen molar-refractivity contribution in [2.45, 2.75) is 25.4 Å². The molecule has 0 unspecified atom stereocenters. The van der Waals surface area contributed by atoms with Crippen molar-refractivity contribution in [1.29, 1.82) is 5.26 Å². The third-order valence-corrected chi connectivity index (χ3v) is 3.63. The van der Waals surface area contributed by atoms with Gasteiger partial charge in [-0.15, -0.1) is 0 Å². The molecule has 3 rings (SSSR count). The Morgan fingerprint density at radius 2 is 1.48 bits per heavy atom. The van der Waals surface area contributed by atoms with Crippen LogP contribution in [0.3, 0.4) is 0 Å². The summed E-state index contributed by atoms with van der Waals surface area (Å²) in [5.74, 6) is 0.552. The lowest BCUT2D eigenvalue weighted by Crippen LogP contribution is -2.52. The van der Waals surface area contributed by atoms with Crippen molar-refractivity contribution in [3.63, 3.8) is 0 Å². The fourth-order valence-corrected chi connectivity index (χ4v) is 2.43. The Morgan fingerprint density at radius 3 is 2.00 bits per heavy atom. The first kappa shape index (κ1) is 15.8. The van der Waals surface area contributed by atoms with E-state index in [-0.39, 0.29) is 23.7 Å². The Hall–Kier alpha value is -2.06. The third-order valence-electron chi connectivity index (χ3n) is 3.63. The molecule has 2 aliphatic heterocycles. The Kier molecular flexibility index (Phi) is 4.53. The SMILES string of the molecule is N#CCC1OCC2(CO1)COC(Cc1nc(N)nc(N)n1)OC2. The fraction of sp³-hybridized carbons (Fsp3) is 0.692. The molecule has 0 saturated carbocycles. The Balaban J connectivity index is 1.52. The molecule has 0 atom stereocenters. The summed E-state index contributed by atoms with van der Waals surface area (Å²) in [6.07, 6.45) is -0.424. The normalized spacial score (nSPS) is 30.9. The number of aromatic nitrogens is 3. The van der Waals surface area contributed by atoms with Gasteiger partial charge in [0.25, 0.3) is 0 Å². The number of anilines is 2. The summed E-state index contributed by atoms with van der Waals surface area (Å²) in [5.41, 5.74) is 10.7. The minimum absolute atomic E-state index is 0.0670. The molecule has 0 amide bonds. The summed E-state index contributed by atoms with van der Waals surface area (Å²) in [7, 11) is 0. The first-order chi connectivity index (χ1) is 11.1. The molecule has 10 nitrogen and oxygen atoms in total. The van der Waals surface area contributed by atoms with Crippen LogP contribution in [0, 0.1) is 16.7 Å². The van der Waals surface area contributed by atoms with E-state index in [1.807, 2.05) is 6.07 Å². The van der Waals surface area contributed by atoms with Crippen LogP contribution in [0.1, 0.15) is 12.2 Å². The Labute approximate surface area is 132 Å². The summed E-state index contributed by atoms with van der Waals surface area (Å²) in [5, 5.41) is 8.64. The summed E-state index contributed by atoms with van der Waals surface area (Å²) >= 11 is 0. The highest BCUT2D eigenvalue weighted by molar-refractivity contribution is 5.25. The lowest BCUT2D eigenvalue weighted by molar-refractivity contribution is -0.300. The van der Waals surface area contributed by atoms with Gasteiger partial charge in [0.15, 0.2) is 12.6 Å². The Bertz CT molecular complexity index is 568. The van der Waals surface area contributed by atoms with Crippen molar-refractivity contribution in [3.8, 4) is 6.07 Å². The number of nitrogens with zero attached hydrogens (tertiary/aromatic N) is 4. The summed E-state index contributed by atoms with van der Waals surface area (Å²) in [6.45, 7) is 1.70. The van der Waals surface area contributed by atoms with Crippen molar-refractivity contribution in [2.75, 3.05) is 37.9 Å². The quantitative estimate of drug-likeness (QED) is 0.725. The number of hydrogen-bond donors (Lipinski definition) is 2. The van der Waals surface area contributed by atoms with Crippen molar-refractivity contribution < 1.29 is 18.9 Å². The molecule has 0 bridgehead atoms. The topological polar surface area (TPSA) is 151 Å². The summed E-state index contributed by atoms with van der Waals surface area (Å²) < 4.78 is 22.5. The smallest absolute Gasteiger partial charge is 0.225 e. The van der Waals surface area contributed by atoms with Crippen LogP contribution in [0.25, 0.3) is 0 Å². The van der Waals surface area contributed by atoms with E-state index in [9.17, 15) is 0 Å². The number of nitriles is 1. The molecule has 0 aliphatic carbocycles. The lowest BCUT2D eigenvalue weighted by atomic mass is 9.90. The molecule has 3 heterocycles. The highest BCUT2D eigenvalue weighted by Crippen LogP contribution is 2.31. The standard InChI is InChI=1S/C13H18N6O4/c14-2-1-9-20-4-13(5-21-9)6-22-10(23-7-13)3-8-17-11(15)19-12(16)18-8/h9-10H,1,3-7H2,(H4,15,16,17,18,19). The van der Waals surface area contributed by atoms with Crippen molar-refractivity contribution in [2.24, 2.45) is 5.41 Å².